The Labute approximate surface area is 131 Å². The zero-order valence-electron chi connectivity index (χ0n) is 13.0. The lowest BCUT2D eigenvalue weighted by Gasteiger charge is -2.23. The molecule has 112 valence electrons. The van der Waals surface area contributed by atoms with E-state index in [2.05, 4.69) is 42.9 Å². The van der Waals surface area contributed by atoms with Crippen LogP contribution in [0.15, 0.2) is 30.5 Å². The summed E-state index contributed by atoms with van der Waals surface area (Å²) in [6, 6.07) is 8.46. The van der Waals surface area contributed by atoms with Gasteiger partial charge in [-0.15, -0.1) is 11.6 Å². The number of halogens is 1. The van der Waals surface area contributed by atoms with Crippen LogP contribution < -0.4 is 4.74 Å². The van der Waals surface area contributed by atoms with Crippen LogP contribution in [0.2, 0.25) is 0 Å². The van der Waals surface area contributed by atoms with E-state index in [4.69, 9.17) is 16.3 Å². The number of hydrogen-bond acceptors (Lipinski definition) is 3. The minimum Gasteiger partial charge on any atom is -0.424 e. The Kier molecular flexibility index (Phi) is 4.84. The Bertz CT molecular complexity index is 609. The summed E-state index contributed by atoms with van der Waals surface area (Å²) in [5.74, 6) is 1.15. The number of rotatable bonds is 5. The van der Waals surface area contributed by atoms with Gasteiger partial charge in [-0.1, -0.05) is 32.9 Å². The standard InChI is InChI=1S/C17H21ClN2O/c1-5-17(3,4)14-6-8-15(9-7-14)21-16-19-11-13(10-18)12(2)20-16/h6-9,11H,5,10H2,1-4H3. The molecule has 0 bridgehead atoms. The number of nitrogens with zero attached hydrogens (tertiary/aromatic N) is 2. The summed E-state index contributed by atoms with van der Waals surface area (Å²) in [5, 5.41) is 0. The lowest BCUT2D eigenvalue weighted by molar-refractivity contribution is 0.438. The lowest BCUT2D eigenvalue weighted by Crippen LogP contribution is -2.14. The molecule has 1 aromatic carbocycles. The highest BCUT2D eigenvalue weighted by molar-refractivity contribution is 6.17. The number of aromatic nitrogens is 2. The monoisotopic (exact) mass is 304 g/mol. The van der Waals surface area contributed by atoms with Gasteiger partial charge in [-0.25, -0.2) is 4.98 Å². The summed E-state index contributed by atoms with van der Waals surface area (Å²) in [7, 11) is 0. The van der Waals surface area contributed by atoms with Crippen LogP contribution in [0.25, 0.3) is 0 Å². The fraction of sp³-hybridized carbons (Fsp3) is 0.412. The van der Waals surface area contributed by atoms with Crippen LogP contribution in [0.5, 0.6) is 11.8 Å². The minimum absolute atomic E-state index is 0.174. The summed E-state index contributed by atoms with van der Waals surface area (Å²) in [4.78, 5) is 8.48. The first kappa shape index (κ1) is 15.8. The molecule has 2 aromatic rings. The van der Waals surface area contributed by atoms with E-state index >= 15 is 0 Å². The van der Waals surface area contributed by atoms with Gasteiger partial charge in [0.25, 0.3) is 0 Å². The normalized spacial score (nSPS) is 11.5. The van der Waals surface area contributed by atoms with E-state index in [0.717, 1.165) is 23.4 Å². The molecule has 0 aliphatic rings. The second kappa shape index (κ2) is 6.44. The van der Waals surface area contributed by atoms with Crippen molar-refractivity contribution in [2.75, 3.05) is 0 Å². The molecule has 0 N–H and O–H groups in total. The van der Waals surface area contributed by atoms with E-state index in [9.17, 15) is 0 Å². The van der Waals surface area contributed by atoms with Gasteiger partial charge in [0.05, 0.1) is 5.88 Å². The molecule has 1 aromatic heterocycles. The maximum Gasteiger partial charge on any atom is 0.322 e. The van der Waals surface area contributed by atoms with E-state index in [1.165, 1.54) is 5.56 Å². The third-order valence-corrected chi connectivity index (χ3v) is 4.22. The van der Waals surface area contributed by atoms with Gasteiger partial charge in [0.2, 0.25) is 0 Å². The summed E-state index contributed by atoms with van der Waals surface area (Å²) < 4.78 is 5.69. The van der Waals surface area contributed by atoms with Crippen LogP contribution in [0.4, 0.5) is 0 Å². The second-order valence-electron chi connectivity index (χ2n) is 5.76. The molecule has 2 rings (SSSR count). The summed E-state index contributed by atoms with van der Waals surface area (Å²) in [6.07, 6.45) is 2.80. The summed E-state index contributed by atoms with van der Waals surface area (Å²) in [6.45, 7) is 8.57. The molecule has 0 unspecified atom stereocenters. The third kappa shape index (κ3) is 3.73. The van der Waals surface area contributed by atoms with Crippen molar-refractivity contribution in [2.24, 2.45) is 0 Å². The highest BCUT2D eigenvalue weighted by Gasteiger charge is 2.17. The van der Waals surface area contributed by atoms with Gasteiger partial charge < -0.3 is 4.74 Å². The molecule has 0 atom stereocenters. The van der Waals surface area contributed by atoms with Gasteiger partial charge in [0, 0.05) is 17.5 Å². The lowest BCUT2D eigenvalue weighted by atomic mass is 9.82. The fourth-order valence-electron chi connectivity index (χ4n) is 1.93. The Balaban J connectivity index is 2.15. The number of aryl methyl sites for hydroxylation is 1. The average Bonchev–Trinajstić information content (AvgIpc) is 2.48. The topological polar surface area (TPSA) is 35.0 Å². The smallest absolute Gasteiger partial charge is 0.322 e. The molecule has 21 heavy (non-hydrogen) atoms. The molecule has 0 saturated heterocycles. The summed E-state index contributed by atoms with van der Waals surface area (Å²) >= 11 is 5.80. The van der Waals surface area contributed by atoms with Crippen molar-refractivity contribution in [3.05, 3.63) is 47.3 Å². The number of hydrogen-bond donors (Lipinski definition) is 0. The van der Waals surface area contributed by atoms with E-state index in [0.29, 0.717) is 11.9 Å². The van der Waals surface area contributed by atoms with Crippen LogP contribution in [-0.2, 0) is 11.3 Å². The van der Waals surface area contributed by atoms with Gasteiger partial charge in [-0.3, -0.25) is 0 Å². The van der Waals surface area contributed by atoms with Gasteiger partial charge in [-0.2, -0.15) is 4.98 Å². The van der Waals surface area contributed by atoms with Gasteiger partial charge >= 0.3 is 6.01 Å². The van der Waals surface area contributed by atoms with Crippen LogP contribution in [-0.4, -0.2) is 9.97 Å². The zero-order chi connectivity index (χ0) is 15.5. The molecule has 0 spiro atoms. The average molecular weight is 305 g/mol. The predicted molar refractivity (Wildman–Crippen MR) is 86.2 cm³/mol. The second-order valence-corrected chi connectivity index (χ2v) is 6.03. The first-order chi connectivity index (χ1) is 9.96. The van der Waals surface area contributed by atoms with Gasteiger partial charge in [0.1, 0.15) is 5.75 Å². The maximum atomic E-state index is 5.80. The molecule has 0 aliphatic heterocycles. The molecule has 0 radical (unpaired) electrons. The van der Waals surface area contributed by atoms with E-state index in [1.807, 2.05) is 19.1 Å². The predicted octanol–water partition coefficient (Wildman–Crippen LogP) is 5.00. The van der Waals surface area contributed by atoms with Crippen LogP contribution in [0, 0.1) is 6.92 Å². The van der Waals surface area contributed by atoms with Crippen molar-refractivity contribution in [1.82, 2.24) is 9.97 Å². The number of ether oxygens (including phenoxy) is 1. The Morgan fingerprint density at radius 1 is 1.19 bits per heavy atom. The highest BCUT2D eigenvalue weighted by atomic mass is 35.5. The molecule has 0 aliphatic carbocycles. The molecule has 1 heterocycles. The summed E-state index contributed by atoms with van der Waals surface area (Å²) in [5.41, 5.74) is 3.24. The third-order valence-electron chi connectivity index (χ3n) is 3.93. The van der Waals surface area contributed by atoms with E-state index in [-0.39, 0.29) is 5.41 Å². The van der Waals surface area contributed by atoms with Crippen molar-refractivity contribution < 1.29 is 4.74 Å². The largest absolute Gasteiger partial charge is 0.424 e. The first-order valence-corrected chi connectivity index (χ1v) is 7.66. The van der Waals surface area contributed by atoms with Crippen molar-refractivity contribution >= 4 is 11.6 Å². The highest BCUT2D eigenvalue weighted by Crippen LogP contribution is 2.29. The zero-order valence-corrected chi connectivity index (χ0v) is 13.7. The molecule has 0 fully saturated rings. The quantitative estimate of drug-likeness (QED) is 0.729. The first-order valence-electron chi connectivity index (χ1n) is 7.13. The minimum atomic E-state index is 0.174. The number of alkyl halides is 1. The molecule has 4 heteroatoms. The SMILES string of the molecule is CCC(C)(C)c1ccc(Oc2ncc(CCl)c(C)n2)cc1. The van der Waals surface area contributed by atoms with Gasteiger partial charge in [-0.05, 0) is 36.5 Å². The Morgan fingerprint density at radius 3 is 2.38 bits per heavy atom. The van der Waals surface area contributed by atoms with E-state index < -0.39 is 0 Å². The number of benzene rings is 1. The van der Waals surface area contributed by atoms with Crippen molar-refractivity contribution in [3.8, 4) is 11.8 Å². The molecule has 0 saturated carbocycles. The van der Waals surface area contributed by atoms with E-state index in [1.54, 1.807) is 6.20 Å². The van der Waals surface area contributed by atoms with Gasteiger partial charge in [0.15, 0.2) is 0 Å². The Morgan fingerprint density at radius 2 is 1.86 bits per heavy atom. The van der Waals surface area contributed by atoms with Crippen molar-refractivity contribution in [1.29, 1.82) is 0 Å². The molecule has 3 nitrogen and oxygen atoms in total. The molecule has 0 amide bonds. The van der Waals surface area contributed by atoms with Crippen LogP contribution >= 0.6 is 11.6 Å². The molecular weight excluding hydrogens is 284 g/mol. The fourth-order valence-corrected chi connectivity index (χ4v) is 2.20. The van der Waals surface area contributed by atoms with Crippen LogP contribution in [0.1, 0.15) is 44.0 Å². The van der Waals surface area contributed by atoms with Crippen molar-refractivity contribution in [3.63, 3.8) is 0 Å². The maximum absolute atomic E-state index is 5.80. The Hall–Kier alpha value is -1.61. The molecular formula is C17H21ClN2O. The van der Waals surface area contributed by atoms with Crippen molar-refractivity contribution in [2.45, 2.75) is 45.4 Å². The van der Waals surface area contributed by atoms with Crippen LogP contribution in [0.3, 0.4) is 0 Å².